The molecule has 0 amide bonds. The van der Waals surface area contributed by atoms with Crippen LogP contribution in [0.4, 0.5) is 5.69 Å². The first kappa shape index (κ1) is 12.4. The van der Waals surface area contributed by atoms with Crippen LogP contribution in [0.15, 0.2) is 18.2 Å². The van der Waals surface area contributed by atoms with Crippen LogP contribution in [0.1, 0.15) is 22.0 Å². The summed E-state index contributed by atoms with van der Waals surface area (Å²) in [5.74, 6) is -1.13. The second-order valence-electron chi connectivity index (χ2n) is 3.34. The molecule has 0 aromatic heterocycles. The number of aromatic carboxylic acids is 1. The van der Waals surface area contributed by atoms with Crippen LogP contribution in [0, 0.1) is 0 Å². The van der Waals surface area contributed by atoms with Gasteiger partial charge in [0.15, 0.2) is 0 Å². The number of aliphatic hydroxyl groups is 3. The summed E-state index contributed by atoms with van der Waals surface area (Å²) >= 11 is 0. The Morgan fingerprint density at radius 3 is 2.44 bits per heavy atom. The number of hydrogen-bond acceptors (Lipinski definition) is 5. The molecule has 1 aromatic rings. The summed E-state index contributed by atoms with van der Waals surface area (Å²) in [5.41, 5.74) is 5.77. The van der Waals surface area contributed by atoms with Crippen LogP contribution in [-0.2, 0) is 0 Å². The van der Waals surface area contributed by atoms with Gasteiger partial charge in [-0.2, -0.15) is 0 Å². The third-order valence-electron chi connectivity index (χ3n) is 2.20. The zero-order chi connectivity index (χ0) is 12.3. The first-order chi connectivity index (χ1) is 7.47. The number of nitrogen functional groups attached to an aromatic ring is 1. The minimum atomic E-state index is -1.35. The van der Waals surface area contributed by atoms with Crippen molar-refractivity contribution < 1.29 is 25.2 Å². The smallest absolute Gasteiger partial charge is 0.335 e. The van der Waals surface area contributed by atoms with Gasteiger partial charge in [0.25, 0.3) is 0 Å². The van der Waals surface area contributed by atoms with Crippen LogP contribution in [0.3, 0.4) is 0 Å². The van der Waals surface area contributed by atoms with E-state index in [-0.39, 0.29) is 16.8 Å². The molecule has 6 heteroatoms. The van der Waals surface area contributed by atoms with Crippen LogP contribution in [0.25, 0.3) is 0 Å². The second-order valence-corrected chi connectivity index (χ2v) is 3.34. The van der Waals surface area contributed by atoms with E-state index >= 15 is 0 Å². The van der Waals surface area contributed by atoms with E-state index in [9.17, 15) is 15.0 Å². The van der Waals surface area contributed by atoms with E-state index in [1.807, 2.05) is 0 Å². The van der Waals surface area contributed by atoms with Crippen LogP contribution in [-0.4, -0.2) is 39.1 Å². The number of aliphatic hydroxyl groups excluding tert-OH is 3. The summed E-state index contributed by atoms with van der Waals surface area (Å²) in [6, 6.07) is 3.76. The number of carboxylic acids is 1. The number of rotatable bonds is 4. The molecule has 88 valence electrons. The third-order valence-corrected chi connectivity index (χ3v) is 2.20. The lowest BCUT2D eigenvalue weighted by Crippen LogP contribution is -2.23. The molecule has 16 heavy (non-hydrogen) atoms. The van der Waals surface area contributed by atoms with Crippen molar-refractivity contribution in [1.82, 2.24) is 0 Å². The molecule has 0 aliphatic heterocycles. The topological polar surface area (TPSA) is 124 Å². The lowest BCUT2D eigenvalue weighted by Gasteiger charge is -2.17. The fourth-order valence-corrected chi connectivity index (χ4v) is 1.28. The van der Waals surface area contributed by atoms with Gasteiger partial charge in [0.2, 0.25) is 0 Å². The molecule has 0 saturated carbocycles. The quantitative estimate of drug-likeness (QED) is 0.435. The Kier molecular flexibility index (Phi) is 3.83. The predicted molar refractivity (Wildman–Crippen MR) is 55.9 cm³/mol. The lowest BCUT2D eigenvalue weighted by molar-refractivity contribution is -0.0149. The van der Waals surface area contributed by atoms with Crippen molar-refractivity contribution in [3.63, 3.8) is 0 Å². The Balaban J connectivity index is 3.03. The molecule has 6 N–H and O–H groups in total. The van der Waals surface area contributed by atoms with Gasteiger partial charge in [-0.25, -0.2) is 4.79 Å². The number of carbonyl (C=O) groups is 1. The summed E-state index contributed by atoms with van der Waals surface area (Å²) in [6.07, 6.45) is -2.69. The van der Waals surface area contributed by atoms with Crippen LogP contribution in [0.2, 0.25) is 0 Å². The molecular weight excluding hydrogens is 214 g/mol. The van der Waals surface area contributed by atoms with Crippen molar-refractivity contribution in [2.45, 2.75) is 12.2 Å². The van der Waals surface area contributed by atoms with Gasteiger partial charge in [-0.1, -0.05) is 6.07 Å². The largest absolute Gasteiger partial charge is 0.478 e. The Labute approximate surface area is 91.6 Å². The lowest BCUT2D eigenvalue weighted by atomic mass is 10.0. The summed E-state index contributed by atoms with van der Waals surface area (Å²) in [6.45, 7) is -0.610. The average Bonchev–Trinajstić information content (AvgIpc) is 2.26. The maximum Gasteiger partial charge on any atom is 0.335 e. The summed E-state index contributed by atoms with van der Waals surface area (Å²) in [4.78, 5) is 10.6. The van der Waals surface area contributed by atoms with Gasteiger partial charge in [-0.15, -0.1) is 0 Å². The number of anilines is 1. The maximum atomic E-state index is 10.6. The minimum Gasteiger partial charge on any atom is -0.478 e. The molecule has 0 heterocycles. The van der Waals surface area contributed by atoms with E-state index in [1.165, 1.54) is 18.2 Å². The molecular formula is C10H13NO5. The van der Waals surface area contributed by atoms with E-state index in [4.69, 9.17) is 15.9 Å². The molecule has 0 bridgehead atoms. The van der Waals surface area contributed by atoms with Crippen molar-refractivity contribution in [3.8, 4) is 0 Å². The first-order valence-corrected chi connectivity index (χ1v) is 4.57. The molecule has 0 radical (unpaired) electrons. The van der Waals surface area contributed by atoms with Gasteiger partial charge in [-0.3, -0.25) is 0 Å². The van der Waals surface area contributed by atoms with Crippen LogP contribution in [0.5, 0.6) is 0 Å². The van der Waals surface area contributed by atoms with Crippen molar-refractivity contribution in [3.05, 3.63) is 29.3 Å². The zero-order valence-corrected chi connectivity index (χ0v) is 8.37. The molecule has 0 fully saturated rings. The van der Waals surface area contributed by atoms with E-state index in [1.54, 1.807) is 0 Å². The van der Waals surface area contributed by atoms with E-state index in [2.05, 4.69) is 0 Å². The molecule has 0 aliphatic rings. The maximum absolute atomic E-state index is 10.6. The fraction of sp³-hybridized carbons (Fsp3) is 0.300. The number of carboxylic acid groups (broad SMARTS) is 1. The molecule has 1 aromatic carbocycles. The van der Waals surface area contributed by atoms with Crippen LogP contribution < -0.4 is 5.73 Å². The average molecular weight is 227 g/mol. The van der Waals surface area contributed by atoms with Gasteiger partial charge in [-0.05, 0) is 12.1 Å². The zero-order valence-electron chi connectivity index (χ0n) is 8.37. The number of nitrogens with two attached hydrogens (primary N) is 1. The highest BCUT2D eigenvalue weighted by atomic mass is 16.4. The van der Waals surface area contributed by atoms with Gasteiger partial charge < -0.3 is 26.2 Å². The highest BCUT2D eigenvalue weighted by Crippen LogP contribution is 2.24. The summed E-state index contributed by atoms with van der Waals surface area (Å²) < 4.78 is 0. The monoisotopic (exact) mass is 227 g/mol. The SMILES string of the molecule is Nc1cc(C(=O)O)ccc1C(O)C(O)CO. The highest BCUT2D eigenvalue weighted by Gasteiger charge is 2.20. The molecule has 0 aliphatic carbocycles. The Morgan fingerprint density at radius 2 is 2.00 bits per heavy atom. The van der Waals surface area contributed by atoms with E-state index < -0.39 is 24.8 Å². The second kappa shape index (κ2) is 4.93. The van der Waals surface area contributed by atoms with Gasteiger partial charge in [0.1, 0.15) is 12.2 Å². The van der Waals surface area contributed by atoms with Gasteiger partial charge in [0, 0.05) is 11.3 Å². The standard InChI is InChI=1S/C10H13NO5/c11-7-3-5(10(15)16)1-2-6(7)9(14)8(13)4-12/h1-3,8-9,12-14H,4,11H2,(H,15,16). The van der Waals surface area contributed by atoms with E-state index in [0.717, 1.165) is 0 Å². The first-order valence-electron chi connectivity index (χ1n) is 4.57. The van der Waals surface area contributed by atoms with Crippen molar-refractivity contribution >= 4 is 11.7 Å². The third kappa shape index (κ3) is 2.48. The van der Waals surface area contributed by atoms with Crippen molar-refractivity contribution in [1.29, 1.82) is 0 Å². The Hall–Kier alpha value is -1.63. The minimum absolute atomic E-state index is 0.00746. The highest BCUT2D eigenvalue weighted by molar-refractivity contribution is 5.89. The number of benzene rings is 1. The van der Waals surface area contributed by atoms with Gasteiger partial charge in [0.05, 0.1) is 12.2 Å². The molecule has 2 unspecified atom stereocenters. The molecule has 2 atom stereocenters. The molecule has 6 nitrogen and oxygen atoms in total. The van der Waals surface area contributed by atoms with Crippen molar-refractivity contribution in [2.75, 3.05) is 12.3 Å². The Morgan fingerprint density at radius 1 is 1.38 bits per heavy atom. The summed E-state index contributed by atoms with van der Waals surface area (Å²) in [7, 11) is 0. The van der Waals surface area contributed by atoms with Crippen molar-refractivity contribution in [2.24, 2.45) is 0 Å². The predicted octanol–water partition coefficient (Wildman–Crippen LogP) is -0.646. The van der Waals surface area contributed by atoms with Crippen LogP contribution >= 0.6 is 0 Å². The van der Waals surface area contributed by atoms with Gasteiger partial charge >= 0.3 is 5.97 Å². The summed E-state index contributed by atoms with van der Waals surface area (Å²) in [5, 5.41) is 36.1. The molecule has 0 spiro atoms. The Bertz CT molecular complexity index is 393. The molecule has 0 saturated heterocycles. The fourth-order valence-electron chi connectivity index (χ4n) is 1.28. The number of hydrogen-bond donors (Lipinski definition) is 5. The normalized spacial score (nSPS) is 14.4. The molecule has 1 rings (SSSR count). The van der Waals surface area contributed by atoms with E-state index in [0.29, 0.717) is 0 Å².